The Morgan fingerprint density at radius 1 is 1.16 bits per heavy atom. The quantitative estimate of drug-likeness (QED) is 0.370. The van der Waals surface area contributed by atoms with Gasteiger partial charge in [-0.3, -0.25) is 0 Å². The second-order valence-electron chi connectivity index (χ2n) is 9.14. The Bertz CT molecular complexity index is 910. The Labute approximate surface area is 187 Å². The highest BCUT2D eigenvalue weighted by Crippen LogP contribution is 2.40. The maximum Gasteiger partial charge on any atom is 0.356 e. The molecule has 0 aliphatic carbocycles. The molecule has 31 heavy (non-hydrogen) atoms. The molecule has 2 rings (SSSR count). The summed E-state index contributed by atoms with van der Waals surface area (Å²) in [6, 6.07) is 13.4. The van der Waals surface area contributed by atoms with Crippen LogP contribution in [0.1, 0.15) is 61.3 Å². The highest BCUT2D eigenvalue weighted by molar-refractivity contribution is 6.74. The number of carbonyl (C=O) groups excluding carboxylic acids is 1. The first-order valence-corrected chi connectivity index (χ1v) is 13.5. The number of ether oxygens (including phenoxy) is 1. The zero-order valence-electron chi connectivity index (χ0n) is 19.4. The minimum atomic E-state index is -1.99. The average Bonchev–Trinajstić information content (AvgIpc) is 2.74. The van der Waals surface area contributed by atoms with Gasteiger partial charge in [-0.1, -0.05) is 62.9 Å². The zero-order valence-corrected chi connectivity index (χ0v) is 20.4. The van der Waals surface area contributed by atoms with Gasteiger partial charge in [0.2, 0.25) is 0 Å². The van der Waals surface area contributed by atoms with Crippen molar-refractivity contribution < 1.29 is 14.0 Å². The van der Waals surface area contributed by atoms with E-state index in [2.05, 4.69) is 67.6 Å². The fraction of sp³-hybridized carbons (Fsp3) is 0.440. The van der Waals surface area contributed by atoms with Crippen LogP contribution in [0, 0.1) is 11.8 Å². The van der Waals surface area contributed by atoms with Crippen LogP contribution in [0.4, 0.5) is 0 Å². The van der Waals surface area contributed by atoms with Crippen molar-refractivity contribution in [2.24, 2.45) is 5.73 Å². The van der Waals surface area contributed by atoms with Crippen molar-refractivity contribution >= 4 is 14.3 Å². The van der Waals surface area contributed by atoms with Gasteiger partial charge in [0.25, 0.3) is 0 Å². The molecule has 0 fully saturated rings. The fourth-order valence-corrected chi connectivity index (χ4v) is 4.09. The van der Waals surface area contributed by atoms with Crippen LogP contribution in [-0.4, -0.2) is 32.4 Å². The Morgan fingerprint density at radius 3 is 2.39 bits per heavy atom. The van der Waals surface area contributed by atoms with Gasteiger partial charge in [-0.25, -0.2) is 9.78 Å². The maximum atomic E-state index is 11.5. The van der Waals surface area contributed by atoms with Crippen LogP contribution in [-0.2, 0) is 9.16 Å². The van der Waals surface area contributed by atoms with Crippen molar-refractivity contribution in [1.82, 2.24) is 4.98 Å². The van der Waals surface area contributed by atoms with Gasteiger partial charge in [0.15, 0.2) is 8.32 Å². The number of esters is 1. The molecule has 0 spiro atoms. The monoisotopic (exact) mass is 438 g/mol. The predicted octanol–water partition coefficient (Wildman–Crippen LogP) is 5.09. The Morgan fingerprint density at radius 2 is 1.84 bits per heavy atom. The molecule has 1 heterocycles. The molecule has 2 atom stereocenters. The van der Waals surface area contributed by atoms with Crippen molar-refractivity contribution in [3.05, 3.63) is 65.5 Å². The van der Waals surface area contributed by atoms with Crippen LogP contribution in [0.3, 0.4) is 0 Å². The topological polar surface area (TPSA) is 74.4 Å². The molecule has 6 heteroatoms. The molecule has 0 aliphatic heterocycles. The third kappa shape index (κ3) is 7.03. The van der Waals surface area contributed by atoms with Gasteiger partial charge >= 0.3 is 5.97 Å². The normalized spacial score (nSPS) is 13.6. The summed E-state index contributed by atoms with van der Waals surface area (Å²) in [6.07, 6.45) is 2.77. The molecule has 0 amide bonds. The molecular weight excluding hydrogens is 404 g/mol. The number of hydrogen-bond donors (Lipinski definition) is 1. The molecule has 1 aromatic carbocycles. The third-order valence-corrected chi connectivity index (χ3v) is 10.2. The number of nitrogens with two attached hydrogens (primary N) is 1. The van der Waals surface area contributed by atoms with E-state index in [0.717, 1.165) is 17.5 Å². The zero-order chi connectivity index (χ0) is 23.1. The van der Waals surface area contributed by atoms with Crippen molar-refractivity contribution in [3.8, 4) is 11.8 Å². The number of rotatable bonds is 7. The summed E-state index contributed by atoms with van der Waals surface area (Å²) in [4.78, 5) is 15.5. The number of pyridine rings is 1. The van der Waals surface area contributed by atoms with E-state index in [9.17, 15) is 4.79 Å². The van der Waals surface area contributed by atoms with E-state index in [-0.39, 0.29) is 22.9 Å². The van der Waals surface area contributed by atoms with Crippen LogP contribution in [0.5, 0.6) is 0 Å². The lowest BCUT2D eigenvalue weighted by molar-refractivity contribution is 0.0594. The molecule has 2 N–H and O–H groups in total. The smallest absolute Gasteiger partial charge is 0.356 e. The fourth-order valence-electron chi connectivity index (χ4n) is 2.79. The average molecular weight is 439 g/mol. The predicted molar refractivity (Wildman–Crippen MR) is 127 cm³/mol. The van der Waals surface area contributed by atoms with Crippen LogP contribution in [0.15, 0.2) is 48.7 Å². The Balaban J connectivity index is 2.07. The lowest BCUT2D eigenvalue weighted by Gasteiger charge is -2.41. The standard InChI is InChI=1S/C25H34N2O3Si/c1-25(2,3)31(5,6)30-23(20-13-8-7-9-14-20)21(26)15-11-10-12-19-16-17-22(27-18-19)24(28)29-4/h7-9,13-14,16-18,21,23H,11,15,26H2,1-6H3/t21-,23-/m1/s1. The SMILES string of the molecule is COC(=O)c1ccc(C#CCC[C@@H](N)[C@H](O[Si](C)(C)C(C)(C)C)c2ccccc2)cn1. The first kappa shape index (κ1) is 24.8. The second kappa shape index (κ2) is 10.7. The van der Waals surface area contributed by atoms with Crippen molar-refractivity contribution in [2.45, 2.75) is 63.9 Å². The van der Waals surface area contributed by atoms with Crippen molar-refractivity contribution in [1.29, 1.82) is 0 Å². The molecule has 2 aromatic rings. The van der Waals surface area contributed by atoms with Gasteiger partial charge in [0.1, 0.15) is 5.69 Å². The van der Waals surface area contributed by atoms with Crippen LogP contribution in [0.2, 0.25) is 18.1 Å². The summed E-state index contributed by atoms with van der Waals surface area (Å²) in [5.41, 5.74) is 8.74. The van der Waals surface area contributed by atoms with E-state index in [1.165, 1.54) is 7.11 Å². The Kier molecular flexibility index (Phi) is 8.57. The van der Waals surface area contributed by atoms with E-state index < -0.39 is 14.3 Å². The van der Waals surface area contributed by atoms with E-state index >= 15 is 0 Å². The first-order chi connectivity index (χ1) is 14.5. The van der Waals surface area contributed by atoms with Gasteiger partial charge in [-0.05, 0) is 42.2 Å². The molecular formula is C25H34N2O3Si. The van der Waals surface area contributed by atoms with E-state index in [0.29, 0.717) is 6.42 Å². The highest BCUT2D eigenvalue weighted by atomic mass is 28.4. The summed E-state index contributed by atoms with van der Waals surface area (Å²) in [5.74, 6) is 5.79. The number of aromatic nitrogens is 1. The number of benzene rings is 1. The van der Waals surface area contributed by atoms with E-state index in [4.69, 9.17) is 10.2 Å². The second-order valence-corrected chi connectivity index (χ2v) is 13.9. The van der Waals surface area contributed by atoms with Gasteiger partial charge in [0, 0.05) is 24.2 Å². The molecule has 0 bridgehead atoms. The summed E-state index contributed by atoms with van der Waals surface area (Å²) >= 11 is 0. The van der Waals surface area contributed by atoms with Crippen LogP contribution in [0.25, 0.3) is 0 Å². The van der Waals surface area contributed by atoms with Crippen LogP contribution < -0.4 is 5.73 Å². The summed E-state index contributed by atoms with van der Waals surface area (Å²) in [5, 5.41) is 0.100. The number of carbonyl (C=O) groups is 1. The first-order valence-electron chi connectivity index (χ1n) is 10.6. The minimum absolute atomic E-state index is 0.100. The summed E-state index contributed by atoms with van der Waals surface area (Å²) < 4.78 is 11.4. The maximum absolute atomic E-state index is 11.5. The number of methoxy groups -OCH3 is 1. The van der Waals surface area contributed by atoms with Gasteiger partial charge in [-0.15, -0.1) is 0 Å². The largest absolute Gasteiger partial charge is 0.464 e. The molecule has 5 nitrogen and oxygen atoms in total. The van der Waals surface area contributed by atoms with E-state index in [1.54, 1.807) is 18.3 Å². The van der Waals surface area contributed by atoms with Gasteiger partial charge in [0.05, 0.1) is 13.2 Å². The van der Waals surface area contributed by atoms with Gasteiger partial charge in [-0.2, -0.15) is 0 Å². The third-order valence-electron chi connectivity index (χ3n) is 5.74. The molecule has 1 aromatic heterocycles. The van der Waals surface area contributed by atoms with Gasteiger partial charge < -0.3 is 14.9 Å². The Hall–Kier alpha value is -2.46. The molecule has 0 radical (unpaired) electrons. The number of hydrogen-bond acceptors (Lipinski definition) is 5. The summed E-state index contributed by atoms with van der Waals surface area (Å²) in [6.45, 7) is 11.2. The van der Waals surface area contributed by atoms with Crippen molar-refractivity contribution in [2.75, 3.05) is 7.11 Å². The number of nitrogens with zero attached hydrogens (tertiary/aromatic N) is 1. The molecule has 0 saturated carbocycles. The van der Waals surface area contributed by atoms with Crippen molar-refractivity contribution in [3.63, 3.8) is 0 Å². The lowest BCUT2D eigenvalue weighted by atomic mass is 9.99. The highest BCUT2D eigenvalue weighted by Gasteiger charge is 2.40. The summed E-state index contributed by atoms with van der Waals surface area (Å²) in [7, 11) is -0.662. The molecule has 166 valence electrons. The van der Waals surface area contributed by atoms with E-state index in [1.807, 2.05) is 18.2 Å². The minimum Gasteiger partial charge on any atom is -0.464 e. The molecule has 0 unspecified atom stereocenters. The molecule has 0 aliphatic rings. The lowest BCUT2D eigenvalue weighted by Crippen LogP contribution is -2.45. The molecule has 0 saturated heterocycles. The van der Waals surface area contributed by atoms with Crippen LogP contribution >= 0.6 is 0 Å².